The maximum absolute atomic E-state index is 10.3. The van der Waals surface area contributed by atoms with E-state index in [-0.39, 0.29) is 25.2 Å². The molecule has 0 bridgehead atoms. The molecular weight excluding hydrogens is 243 g/mol. The topological polar surface area (TPSA) is 156 Å². The maximum atomic E-state index is 10.3. The number of carboxylic acid groups (broad SMARTS) is 1. The van der Waals surface area contributed by atoms with E-state index in [0.717, 1.165) is 0 Å². The summed E-state index contributed by atoms with van der Waals surface area (Å²) in [6.45, 7) is -0.244. The molecule has 0 aliphatic carbocycles. The van der Waals surface area contributed by atoms with Gasteiger partial charge in [-0.25, -0.2) is 9.36 Å². The fraction of sp³-hybridized carbons (Fsp3) is 0.571. The highest BCUT2D eigenvalue weighted by Gasteiger charge is 2.04. The predicted molar refractivity (Wildman–Crippen MR) is 53.4 cm³/mol. The van der Waals surface area contributed by atoms with Gasteiger partial charge in [0.2, 0.25) is 0 Å². The fourth-order valence-corrected chi connectivity index (χ4v) is 0.656. The molecular formula is C7H15O8P. The first-order chi connectivity index (χ1) is 7.22. The second kappa shape index (κ2) is 9.46. The molecule has 8 nitrogen and oxygen atoms in total. The van der Waals surface area contributed by atoms with Crippen molar-refractivity contribution in [3.63, 3.8) is 0 Å². The molecule has 0 atom stereocenters. The molecule has 0 spiro atoms. The Labute approximate surface area is 91.7 Å². The Balaban J connectivity index is 0. The third-order valence-corrected chi connectivity index (χ3v) is 1.18. The van der Waals surface area contributed by atoms with Crippen molar-refractivity contribution in [2.24, 2.45) is 0 Å². The second-order valence-corrected chi connectivity index (χ2v) is 3.56. The van der Waals surface area contributed by atoms with Crippen LogP contribution in [0.25, 0.3) is 0 Å². The van der Waals surface area contributed by atoms with Crippen molar-refractivity contribution in [3.05, 3.63) is 11.6 Å². The monoisotopic (exact) mass is 258 g/mol. The Morgan fingerprint density at radius 3 is 1.81 bits per heavy atom. The van der Waals surface area contributed by atoms with Crippen molar-refractivity contribution in [1.29, 1.82) is 0 Å². The van der Waals surface area contributed by atoms with Crippen LogP contribution in [-0.4, -0.2) is 49.2 Å². The molecule has 9 heteroatoms. The molecule has 0 aliphatic heterocycles. The van der Waals surface area contributed by atoms with E-state index in [2.05, 4.69) is 0 Å². The minimum atomic E-state index is -4.64. The van der Waals surface area contributed by atoms with Gasteiger partial charge in [-0.15, -0.1) is 0 Å². The standard InChI is InChI=1S/C7H12O4.H3O4P/c8-4-1-2-6(3-5-9)7(10)11;1-5(2,3)4/h2,8-9H,1,3-5H2,(H,10,11);(H3,1,2,3,4). The van der Waals surface area contributed by atoms with Crippen molar-refractivity contribution >= 4 is 13.8 Å². The lowest BCUT2D eigenvalue weighted by Gasteiger charge is -1.97. The second-order valence-electron chi connectivity index (χ2n) is 2.53. The Bertz CT molecular complexity index is 259. The van der Waals surface area contributed by atoms with Gasteiger partial charge < -0.3 is 30.0 Å². The minimum Gasteiger partial charge on any atom is -0.478 e. The van der Waals surface area contributed by atoms with Crippen LogP contribution in [0.15, 0.2) is 11.6 Å². The largest absolute Gasteiger partial charge is 0.478 e. The van der Waals surface area contributed by atoms with E-state index in [9.17, 15) is 4.79 Å². The van der Waals surface area contributed by atoms with Gasteiger partial charge in [-0.05, 0) is 6.42 Å². The van der Waals surface area contributed by atoms with Gasteiger partial charge in [0.05, 0.1) is 0 Å². The summed E-state index contributed by atoms with van der Waals surface area (Å²) in [5.41, 5.74) is 0.154. The molecule has 0 aromatic carbocycles. The highest BCUT2D eigenvalue weighted by atomic mass is 31.2. The minimum absolute atomic E-state index is 0.0673. The molecule has 96 valence electrons. The molecule has 0 rings (SSSR count). The van der Waals surface area contributed by atoms with Crippen molar-refractivity contribution in [1.82, 2.24) is 0 Å². The lowest BCUT2D eigenvalue weighted by Crippen LogP contribution is -2.02. The molecule has 0 radical (unpaired) electrons. The average Bonchev–Trinajstić information content (AvgIpc) is 2.09. The molecule has 0 aromatic heterocycles. The SMILES string of the molecule is O=C(O)C(=CCCO)CCO.O=P(O)(O)O. The lowest BCUT2D eigenvalue weighted by molar-refractivity contribution is -0.132. The van der Waals surface area contributed by atoms with Gasteiger partial charge in [0, 0.05) is 25.2 Å². The van der Waals surface area contributed by atoms with E-state index in [1.807, 2.05) is 0 Å². The smallest absolute Gasteiger partial charge is 0.466 e. The number of carboxylic acids is 1. The molecule has 6 N–H and O–H groups in total. The number of aliphatic hydroxyl groups is 2. The summed E-state index contributed by atoms with van der Waals surface area (Å²) >= 11 is 0. The zero-order chi connectivity index (χ0) is 13.2. The van der Waals surface area contributed by atoms with Crippen LogP contribution in [0.3, 0.4) is 0 Å². The van der Waals surface area contributed by atoms with Gasteiger partial charge in [-0.3, -0.25) is 0 Å². The molecule has 0 heterocycles. The number of aliphatic carboxylic acids is 1. The molecule has 0 amide bonds. The molecule has 0 saturated heterocycles. The molecule has 0 aliphatic rings. The van der Waals surface area contributed by atoms with Crippen LogP contribution in [0.1, 0.15) is 12.8 Å². The van der Waals surface area contributed by atoms with E-state index in [4.69, 9.17) is 34.6 Å². The van der Waals surface area contributed by atoms with Gasteiger partial charge in [0.1, 0.15) is 0 Å². The van der Waals surface area contributed by atoms with Crippen LogP contribution in [0, 0.1) is 0 Å². The summed E-state index contributed by atoms with van der Waals surface area (Å²) in [5.74, 6) is -1.03. The third-order valence-electron chi connectivity index (χ3n) is 1.18. The van der Waals surface area contributed by atoms with Crippen LogP contribution < -0.4 is 0 Å². The molecule has 0 aromatic rings. The number of rotatable bonds is 5. The van der Waals surface area contributed by atoms with Gasteiger partial charge in [0.25, 0.3) is 0 Å². The lowest BCUT2D eigenvalue weighted by atomic mass is 10.1. The number of carbonyl (C=O) groups is 1. The van der Waals surface area contributed by atoms with Crippen molar-refractivity contribution in [3.8, 4) is 0 Å². The zero-order valence-electron chi connectivity index (χ0n) is 8.35. The van der Waals surface area contributed by atoms with E-state index < -0.39 is 13.8 Å². The van der Waals surface area contributed by atoms with E-state index in [1.54, 1.807) is 0 Å². The first-order valence-corrected chi connectivity index (χ1v) is 5.71. The summed E-state index contributed by atoms with van der Waals surface area (Å²) in [7, 11) is -4.64. The highest BCUT2D eigenvalue weighted by Crippen LogP contribution is 2.25. The number of hydrogen-bond donors (Lipinski definition) is 6. The Kier molecular flexibility index (Phi) is 10.4. The van der Waals surface area contributed by atoms with E-state index >= 15 is 0 Å². The third kappa shape index (κ3) is 18.9. The number of aliphatic hydroxyl groups excluding tert-OH is 2. The average molecular weight is 258 g/mol. The van der Waals surface area contributed by atoms with Crippen molar-refractivity contribution in [2.75, 3.05) is 13.2 Å². The Hall–Kier alpha value is -0.760. The van der Waals surface area contributed by atoms with Gasteiger partial charge >= 0.3 is 13.8 Å². The fourth-order valence-electron chi connectivity index (χ4n) is 0.656. The van der Waals surface area contributed by atoms with Gasteiger partial charge in [0.15, 0.2) is 0 Å². The Morgan fingerprint density at radius 1 is 1.12 bits per heavy atom. The van der Waals surface area contributed by atoms with Gasteiger partial charge in [-0.1, -0.05) is 6.08 Å². The molecule has 16 heavy (non-hydrogen) atoms. The summed E-state index contributed by atoms with van der Waals surface area (Å²) in [4.78, 5) is 31.9. The normalized spacial score (nSPS) is 11.7. The first kappa shape index (κ1) is 17.6. The highest BCUT2D eigenvalue weighted by molar-refractivity contribution is 7.45. The van der Waals surface area contributed by atoms with Crippen LogP contribution in [-0.2, 0) is 9.36 Å². The van der Waals surface area contributed by atoms with Crippen molar-refractivity contribution < 1.29 is 39.4 Å². The van der Waals surface area contributed by atoms with Crippen LogP contribution >= 0.6 is 7.82 Å². The van der Waals surface area contributed by atoms with Crippen LogP contribution in [0.4, 0.5) is 0 Å². The first-order valence-electron chi connectivity index (χ1n) is 4.14. The summed E-state index contributed by atoms with van der Waals surface area (Å²) < 4.78 is 8.88. The molecule has 0 saturated carbocycles. The van der Waals surface area contributed by atoms with Crippen molar-refractivity contribution in [2.45, 2.75) is 12.8 Å². The maximum Gasteiger partial charge on any atom is 0.466 e. The van der Waals surface area contributed by atoms with E-state index in [1.165, 1.54) is 6.08 Å². The van der Waals surface area contributed by atoms with Crippen LogP contribution in [0.5, 0.6) is 0 Å². The predicted octanol–water partition coefficient (Wildman–Crippen LogP) is -1.17. The van der Waals surface area contributed by atoms with Crippen LogP contribution in [0.2, 0.25) is 0 Å². The summed E-state index contributed by atoms with van der Waals surface area (Å²) in [6.07, 6.45) is 1.87. The summed E-state index contributed by atoms with van der Waals surface area (Å²) in [5, 5.41) is 25.3. The van der Waals surface area contributed by atoms with Gasteiger partial charge in [-0.2, -0.15) is 0 Å². The molecule has 0 fully saturated rings. The van der Waals surface area contributed by atoms with E-state index in [0.29, 0.717) is 6.42 Å². The number of hydrogen-bond acceptors (Lipinski definition) is 4. The Morgan fingerprint density at radius 2 is 1.56 bits per heavy atom. The quantitative estimate of drug-likeness (QED) is 0.266. The summed E-state index contributed by atoms with van der Waals surface area (Å²) in [6, 6.07) is 0. The molecule has 0 unspecified atom stereocenters. The number of phosphoric acid groups is 1. The zero-order valence-corrected chi connectivity index (χ0v) is 9.25.